The number of carbonyl (C=O) groups is 1. The van der Waals surface area contributed by atoms with Crippen molar-refractivity contribution in [2.75, 3.05) is 31.1 Å². The molecule has 6 heteroatoms. The van der Waals surface area contributed by atoms with Crippen molar-refractivity contribution in [2.45, 2.75) is 0 Å². The summed E-state index contributed by atoms with van der Waals surface area (Å²) < 4.78 is 1.51. The molecule has 1 saturated heterocycles. The molecule has 0 aromatic carbocycles. The Morgan fingerprint density at radius 2 is 1.95 bits per heavy atom. The monoisotopic (exact) mass is 257 g/mol. The quantitative estimate of drug-likeness (QED) is 0.766. The third-order valence-corrected chi connectivity index (χ3v) is 3.25. The van der Waals surface area contributed by atoms with E-state index in [1.165, 1.54) is 10.9 Å². The molecule has 1 aliphatic heterocycles. The fourth-order valence-electron chi connectivity index (χ4n) is 2.20. The standard InChI is InChI=1S/C13H15N5O/c19-13(18-6-5-14-11-18)17-9-7-16(8-10-17)12-3-1-2-4-15-12/h1-6,11H,7-10H2. The Labute approximate surface area is 111 Å². The van der Waals surface area contributed by atoms with Crippen molar-refractivity contribution < 1.29 is 4.79 Å². The van der Waals surface area contributed by atoms with Crippen LogP contribution in [0.2, 0.25) is 0 Å². The van der Waals surface area contributed by atoms with Crippen molar-refractivity contribution in [2.24, 2.45) is 0 Å². The van der Waals surface area contributed by atoms with Gasteiger partial charge in [0.05, 0.1) is 0 Å². The first-order valence-electron chi connectivity index (χ1n) is 6.28. The second-order valence-electron chi connectivity index (χ2n) is 4.41. The highest BCUT2D eigenvalue weighted by atomic mass is 16.2. The van der Waals surface area contributed by atoms with Gasteiger partial charge in [0.15, 0.2) is 0 Å². The summed E-state index contributed by atoms with van der Waals surface area (Å²) in [5, 5.41) is 0. The predicted molar refractivity (Wildman–Crippen MR) is 71.0 cm³/mol. The van der Waals surface area contributed by atoms with Gasteiger partial charge < -0.3 is 9.80 Å². The van der Waals surface area contributed by atoms with E-state index in [-0.39, 0.29) is 6.03 Å². The van der Waals surface area contributed by atoms with Gasteiger partial charge in [0, 0.05) is 44.8 Å². The minimum absolute atomic E-state index is 0.0156. The molecule has 3 heterocycles. The number of aromatic nitrogens is 3. The Bertz CT molecular complexity index is 531. The normalized spacial score (nSPS) is 15.6. The zero-order valence-electron chi connectivity index (χ0n) is 10.5. The zero-order valence-corrected chi connectivity index (χ0v) is 10.5. The summed E-state index contributed by atoms with van der Waals surface area (Å²) in [5.74, 6) is 0.970. The molecule has 0 aliphatic carbocycles. The van der Waals surface area contributed by atoms with E-state index in [9.17, 15) is 4.79 Å². The summed E-state index contributed by atoms with van der Waals surface area (Å²) in [6.07, 6.45) is 6.61. The van der Waals surface area contributed by atoms with E-state index in [1.54, 1.807) is 18.6 Å². The summed E-state index contributed by atoms with van der Waals surface area (Å²) in [7, 11) is 0. The maximum absolute atomic E-state index is 12.1. The number of carbonyl (C=O) groups excluding carboxylic acids is 1. The lowest BCUT2D eigenvalue weighted by Gasteiger charge is -2.35. The van der Waals surface area contributed by atoms with E-state index in [0.717, 1.165) is 18.9 Å². The fraction of sp³-hybridized carbons (Fsp3) is 0.308. The van der Waals surface area contributed by atoms with Crippen molar-refractivity contribution in [3.63, 3.8) is 0 Å². The van der Waals surface area contributed by atoms with E-state index >= 15 is 0 Å². The first kappa shape index (κ1) is 11.7. The molecule has 98 valence electrons. The summed E-state index contributed by atoms with van der Waals surface area (Å²) in [6, 6.07) is 5.86. The lowest BCUT2D eigenvalue weighted by molar-refractivity contribution is 0.196. The Hall–Kier alpha value is -2.37. The number of hydrogen-bond acceptors (Lipinski definition) is 4. The summed E-state index contributed by atoms with van der Waals surface area (Å²) in [6.45, 7) is 3.01. The number of piperazine rings is 1. The van der Waals surface area contributed by atoms with Gasteiger partial charge in [0.2, 0.25) is 0 Å². The number of anilines is 1. The number of hydrogen-bond donors (Lipinski definition) is 0. The third kappa shape index (κ3) is 2.42. The molecule has 0 unspecified atom stereocenters. The number of nitrogens with zero attached hydrogens (tertiary/aromatic N) is 5. The third-order valence-electron chi connectivity index (χ3n) is 3.25. The minimum atomic E-state index is -0.0156. The maximum Gasteiger partial charge on any atom is 0.329 e. The average Bonchev–Trinajstić information content (AvgIpc) is 3.02. The van der Waals surface area contributed by atoms with Gasteiger partial charge in [-0.3, -0.25) is 4.57 Å². The van der Waals surface area contributed by atoms with Crippen LogP contribution in [0.3, 0.4) is 0 Å². The largest absolute Gasteiger partial charge is 0.353 e. The molecule has 0 saturated carbocycles. The van der Waals surface area contributed by atoms with Crippen LogP contribution in [0.1, 0.15) is 0 Å². The maximum atomic E-state index is 12.1. The van der Waals surface area contributed by atoms with Crippen LogP contribution in [0.4, 0.5) is 10.6 Å². The molecule has 1 fully saturated rings. The molecule has 2 aromatic heterocycles. The number of pyridine rings is 1. The van der Waals surface area contributed by atoms with Crippen LogP contribution in [-0.2, 0) is 0 Å². The van der Waals surface area contributed by atoms with Gasteiger partial charge in [-0.1, -0.05) is 6.07 Å². The van der Waals surface area contributed by atoms with Gasteiger partial charge >= 0.3 is 6.03 Å². The molecular formula is C13H15N5O. The van der Waals surface area contributed by atoms with Gasteiger partial charge in [-0.25, -0.2) is 14.8 Å². The Morgan fingerprint density at radius 1 is 1.11 bits per heavy atom. The van der Waals surface area contributed by atoms with Gasteiger partial charge in [0.25, 0.3) is 0 Å². The first-order chi connectivity index (χ1) is 9.34. The van der Waals surface area contributed by atoms with Gasteiger partial charge in [-0.05, 0) is 12.1 Å². The van der Waals surface area contributed by atoms with Crippen molar-refractivity contribution in [3.05, 3.63) is 43.1 Å². The van der Waals surface area contributed by atoms with E-state index < -0.39 is 0 Å². The highest BCUT2D eigenvalue weighted by Crippen LogP contribution is 2.13. The zero-order chi connectivity index (χ0) is 13.1. The van der Waals surface area contributed by atoms with Crippen LogP contribution in [-0.4, -0.2) is 51.6 Å². The molecule has 2 aromatic rings. The molecule has 19 heavy (non-hydrogen) atoms. The molecule has 3 rings (SSSR count). The fourth-order valence-corrected chi connectivity index (χ4v) is 2.20. The molecule has 0 spiro atoms. The van der Waals surface area contributed by atoms with Crippen molar-refractivity contribution >= 4 is 11.8 Å². The van der Waals surface area contributed by atoms with Crippen molar-refractivity contribution in [1.82, 2.24) is 19.4 Å². The van der Waals surface area contributed by atoms with Crippen LogP contribution < -0.4 is 4.90 Å². The van der Waals surface area contributed by atoms with Crippen LogP contribution in [0.25, 0.3) is 0 Å². The topological polar surface area (TPSA) is 54.3 Å². The number of imidazole rings is 1. The van der Waals surface area contributed by atoms with Gasteiger partial charge in [0.1, 0.15) is 12.1 Å². The Morgan fingerprint density at radius 3 is 2.58 bits per heavy atom. The van der Waals surface area contributed by atoms with Gasteiger partial charge in [-0.2, -0.15) is 0 Å². The highest BCUT2D eigenvalue weighted by Gasteiger charge is 2.22. The van der Waals surface area contributed by atoms with E-state index in [1.807, 2.05) is 23.1 Å². The van der Waals surface area contributed by atoms with Crippen LogP contribution in [0, 0.1) is 0 Å². The minimum Gasteiger partial charge on any atom is -0.353 e. The lowest BCUT2D eigenvalue weighted by atomic mass is 10.3. The highest BCUT2D eigenvalue weighted by molar-refractivity contribution is 5.76. The van der Waals surface area contributed by atoms with Crippen LogP contribution in [0.5, 0.6) is 0 Å². The van der Waals surface area contributed by atoms with Crippen molar-refractivity contribution in [3.8, 4) is 0 Å². The Balaban J connectivity index is 1.62. The molecule has 0 bridgehead atoms. The van der Waals surface area contributed by atoms with Gasteiger partial charge in [-0.15, -0.1) is 0 Å². The molecule has 0 radical (unpaired) electrons. The molecule has 0 atom stereocenters. The smallest absolute Gasteiger partial charge is 0.329 e. The van der Waals surface area contributed by atoms with Crippen molar-refractivity contribution in [1.29, 1.82) is 0 Å². The summed E-state index contributed by atoms with van der Waals surface area (Å²) in [4.78, 5) is 24.4. The summed E-state index contributed by atoms with van der Waals surface area (Å²) in [5.41, 5.74) is 0. The first-order valence-corrected chi connectivity index (χ1v) is 6.28. The lowest BCUT2D eigenvalue weighted by Crippen LogP contribution is -2.50. The number of amides is 1. The molecule has 0 N–H and O–H groups in total. The molecular weight excluding hydrogens is 242 g/mol. The predicted octanol–water partition coefficient (Wildman–Crippen LogP) is 1.07. The molecule has 1 amide bonds. The summed E-state index contributed by atoms with van der Waals surface area (Å²) >= 11 is 0. The second kappa shape index (κ2) is 5.09. The van der Waals surface area contributed by atoms with Crippen LogP contribution >= 0.6 is 0 Å². The molecule has 1 aliphatic rings. The van der Waals surface area contributed by atoms with E-state index in [0.29, 0.717) is 13.1 Å². The average molecular weight is 257 g/mol. The number of rotatable bonds is 1. The SMILES string of the molecule is O=C(N1CCN(c2ccccn2)CC1)n1ccnc1. The van der Waals surface area contributed by atoms with E-state index in [2.05, 4.69) is 14.9 Å². The van der Waals surface area contributed by atoms with Crippen LogP contribution in [0.15, 0.2) is 43.1 Å². The molecule has 6 nitrogen and oxygen atoms in total. The van der Waals surface area contributed by atoms with E-state index in [4.69, 9.17) is 0 Å². The Kier molecular flexibility index (Phi) is 3.14. The second-order valence-corrected chi connectivity index (χ2v) is 4.41.